The number of anilines is 2. The predicted molar refractivity (Wildman–Crippen MR) is 173 cm³/mol. The van der Waals surface area contributed by atoms with Crippen molar-refractivity contribution in [3.05, 3.63) is 59.5 Å². The van der Waals surface area contributed by atoms with Gasteiger partial charge in [0.25, 0.3) is 0 Å². The van der Waals surface area contributed by atoms with Crippen molar-refractivity contribution in [2.45, 2.75) is 82.3 Å². The Bertz CT molecular complexity index is 1790. The molecule has 0 spiro atoms. The lowest BCUT2D eigenvalue weighted by atomic mass is 9.96. The Balaban J connectivity index is 1.25. The highest BCUT2D eigenvalue weighted by Gasteiger charge is 2.53. The van der Waals surface area contributed by atoms with E-state index >= 15 is 0 Å². The van der Waals surface area contributed by atoms with Crippen LogP contribution in [0.1, 0.15) is 61.9 Å². The molecule has 3 fully saturated rings. The second-order valence-corrected chi connectivity index (χ2v) is 16.1. The van der Waals surface area contributed by atoms with E-state index in [1.54, 1.807) is 18.3 Å². The molecule has 0 radical (unpaired) electrons. The van der Waals surface area contributed by atoms with Crippen LogP contribution in [0.2, 0.25) is 0 Å². The minimum Gasteiger partial charge on any atom is -0.385 e. The SMILES string of the molecule is Cc1nc(NC2CC2)nc(N[C@@H]2C[C@H](CS(C)(=O)=O)[C@@H](OCc3ccccc3)[C@@]2(C)O)c1-c1nc2c(C3CC3)nccc2s1. The van der Waals surface area contributed by atoms with E-state index in [2.05, 4.69) is 15.6 Å². The normalized spacial score (nSPS) is 25.4. The summed E-state index contributed by atoms with van der Waals surface area (Å²) >= 11 is 1.58. The third-order valence-corrected chi connectivity index (χ3v) is 10.9. The molecule has 0 amide bonds. The van der Waals surface area contributed by atoms with Gasteiger partial charge in [0.1, 0.15) is 31.8 Å². The molecular formula is C32H38N6O4S2. The molecule has 0 aliphatic heterocycles. The highest BCUT2D eigenvalue weighted by molar-refractivity contribution is 7.90. The second kappa shape index (κ2) is 11.3. The molecule has 4 atom stereocenters. The summed E-state index contributed by atoms with van der Waals surface area (Å²) in [6, 6.07) is 11.5. The highest BCUT2D eigenvalue weighted by atomic mass is 32.2. The van der Waals surface area contributed by atoms with Gasteiger partial charge >= 0.3 is 0 Å². The maximum atomic E-state index is 12.5. The van der Waals surface area contributed by atoms with Crippen LogP contribution < -0.4 is 10.6 Å². The Morgan fingerprint density at radius 2 is 1.84 bits per heavy atom. The molecule has 4 aromatic rings. The second-order valence-electron chi connectivity index (χ2n) is 12.8. The lowest BCUT2D eigenvalue weighted by Gasteiger charge is -2.33. The molecule has 232 valence electrons. The summed E-state index contributed by atoms with van der Waals surface area (Å²) in [4.78, 5) is 19.5. The molecule has 10 nitrogen and oxygen atoms in total. The number of nitrogens with one attached hydrogen (secondary N) is 2. The average molecular weight is 635 g/mol. The molecule has 44 heavy (non-hydrogen) atoms. The third-order valence-electron chi connectivity index (χ3n) is 8.86. The molecule has 3 saturated carbocycles. The number of nitrogens with zero attached hydrogens (tertiary/aromatic N) is 4. The zero-order valence-corrected chi connectivity index (χ0v) is 26.8. The predicted octanol–water partition coefficient (Wildman–Crippen LogP) is 5.09. The van der Waals surface area contributed by atoms with Crippen LogP contribution >= 0.6 is 11.3 Å². The molecule has 3 heterocycles. The van der Waals surface area contributed by atoms with Crippen molar-refractivity contribution in [3.8, 4) is 10.6 Å². The van der Waals surface area contributed by atoms with Gasteiger partial charge in [0.2, 0.25) is 5.95 Å². The van der Waals surface area contributed by atoms with Gasteiger partial charge in [0.05, 0.1) is 46.2 Å². The monoisotopic (exact) mass is 634 g/mol. The van der Waals surface area contributed by atoms with Crippen LogP contribution in [0.5, 0.6) is 0 Å². The summed E-state index contributed by atoms with van der Waals surface area (Å²) in [5.41, 5.74) is 3.09. The quantitative estimate of drug-likeness (QED) is 0.204. The number of hydrogen-bond donors (Lipinski definition) is 3. The van der Waals surface area contributed by atoms with Gasteiger partial charge in [-0.3, -0.25) is 4.98 Å². The zero-order valence-electron chi connectivity index (χ0n) is 25.2. The summed E-state index contributed by atoms with van der Waals surface area (Å²) in [5.74, 6) is 1.06. The van der Waals surface area contributed by atoms with Crippen molar-refractivity contribution in [2.24, 2.45) is 5.92 Å². The smallest absolute Gasteiger partial charge is 0.225 e. The lowest BCUT2D eigenvalue weighted by Crippen LogP contribution is -2.49. The Morgan fingerprint density at radius 1 is 1.07 bits per heavy atom. The van der Waals surface area contributed by atoms with Crippen LogP contribution in [0.15, 0.2) is 42.6 Å². The minimum absolute atomic E-state index is 0.0836. The van der Waals surface area contributed by atoms with E-state index in [4.69, 9.17) is 19.7 Å². The van der Waals surface area contributed by atoms with Crippen LogP contribution in [0, 0.1) is 12.8 Å². The van der Waals surface area contributed by atoms with E-state index in [1.807, 2.05) is 49.5 Å². The van der Waals surface area contributed by atoms with Crippen molar-refractivity contribution >= 4 is 43.2 Å². The van der Waals surface area contributed by atoms with Crippen LogP contribution in [-0.4, -0.2) is 69.3 Å². The van der Waals surface area contributed by atoms with E-state index < -0.39 is 33.5 Å². The Hall–Kier alpha value is -3.19. The Kier molecular flexibility index (Phi) is 7.59. The molecule has 12 heteroatoms. The number of aromatic nitrogens is 4. The fraction of sp³-hybridized carbons (Fsp3) is 0.500. The molecule has 7 rings (SSSR count). The maximum Gasteiger partial charge on any atom is 0.225 e. The van der Waals surface area contributed by atoms with Crippen molar-refractivity contribution in [1.29, 1.82) is 0 Å². The number of sulfone groups is 1. The van der Waals surface area contributed by atoms with Gasteiger partial charge in [0.15, 0.2) is 0 Å². The number of aryl methyl sites for hydroxylation is 1. The molecule has 3 aliphatic rings. The highest BCUT2D eigenvalue weighted by Crippen LogP contribution is 2.46. The number of rotatable bonds is 11. The first-order valence-electron chi connectivity index (χ1n) is 15.3. The molecule has 0 saturated heterocycles. The summed E-state index contributed by atoms with van der Waals surface area (Å²) in [5, 5.41) is 19.8. The lowest BCUT2D eigenvalue weighted by molar-refractivity contribution is -0.102. The van der Waals surface area contributed by atoms with Crippen LogP contribution in [0.3, 0.4) is 0 Å². The Morgan fingerprint density at radius 3 is 2.55 bits per heavy atom. The summed E-state index contributed by atoms with van der Waals surface area (Å²) in [6.45, 7) is 3.95. The van der Waals surface area contributed by atoms with Crippen molar-refractivity contribution < 1.29 is 18.3 Å². The number of hydrogen-bond acceptors (Lipinski definition) is 11. The first-order chi connectivity index (χ1) is 21.0. The van der Waals surface area contributed by atoms with Gasteiger partial charge in [0, 0.05) is 30.3 Å². The first-order valence-corrected chi connectivity index (χ1v) is 18.2. The molecule has 3 aliphatic carbocycles. The van der Waals surface area contributed by atoms with E-state index in [0.717, 1.165) is 63.4 Å². The van der Waals surface area contributed by atoms with Crippen LogP contribution in [-0.2, 0) is 21.2 Å². The minimum atomic E-state index is -3.33. The van der Waals surface area contributed by atoms with E-state index in [0.29, 0.717) is 30.1 Å². The molecule has 0 unspecified atom stereocenters. The van der Waals surface area contributed by atoms with Gasteiger partial charge in [-0.15, -0.1) is 11.3 Å². The summed E-state index contributed by atoms with van der Waals surface area (Å²) < 4.78 is 32.4. The first kappa shape index (κ1) is 29.5. The van der Waals surface area contributed by atoms with E-state index in [9.17, 15) is 13.5 Å². The number of benzene rings is 1. The largest absolute Gasteiger partial charge is 0.385 e. The molecule has 0 bridgehead atoms. The summed E-state index contributed by atoms with van der Waals surface area (Å²) in [6.07, 6.45) is 7.19. The van der Waals surface area contributed by atoms with Gasteiger partial charge in [-0.25, -0.2) is 18.4 Å². The van der Waals surface area contributed by atoms with Crippen molar-refractivity contribution in [3.63, 3.8) is 0 Å². The van der Waals surface area contributed by atoms with Crippen molar-refractivity contribution in [2.75, 3.05) is 22.6 Å². The zero-order chi connectivity index (χ0) is 30.6. The molecule has 3 N–H and O–H groups in total. The van der Waals surface area contributed by atoms with Gasteiger partial charge in [-0.1, -0.05) is 30.3 Å². The average Bonchev–Trinajstić information content (AvgIpc) is 3.89. The topological polar surface area (TPSA) is 139 Å². The standard InChI is InChI=1S/C32H38N6O4S2/c1-18-25(30-37-27-23(43-30)13-14-33-26(27)20-9-10-20)29(38-31(34-18)35-22-11-12-22)36-24-15-21(17-44(3,40)41)28(32(24,2)39)42-16-19-7-5-4-6-8-19/h4-8,13-14,20-22,24,28,39H,9-12,15-17H2,1-3H3,(H2,34,35,36,38)/t21-,24-,28-,32+/m1/s1. The van der Waals surface area contributed by atoms with Gasteiger partial charge < -0.3 is 20.5 Å². The fourth-order valence-electron chi connectivity index (χ4n) is 6.37. The van der Waals surface area contributed by atoms with E-state index in [1.165, 1.54) is 6.26 Å². The number of fused-ring (bicyclic) bond motifs is 1. The molecule has 3 aromatic heterocycles. The fourth-order valence-corrected chi connectivity index (χ4v) is 8.52. The van der Waals surface area contributed by atoms with E-state index in [-0.39, 0.29) is 12.4 Å². The van der Waals surface area contributed by atoms with Crippen LogP contribution in [0.25, 0.3) is 20.8 Å². The number of thiazole rings is 1. The Labute approximate surface area is 261 Å². The summed E-state index contributed by atoms with van der Waals surface area (Å²) in [7, 11) is -3.33. The van der Waals surface area contributed by atoms with Gasteiger partial charge in [-0.05, 0) is 57.6 Å². The third kappa shape index (κ3) is 6.17. The number of pyridine rings is 1. The van der Waals surface area contributed by atoms with Crippen LogP contribution in [0.4, 0.5) is 11.8 Å². The molecular weight excluding hydrogens is 597 g/mol. The molecule has 1 aromatic carbocycles. The number of ether oxygens (including phenoxy) is 1. The maximum absolute atomic E-state index is 12.5. The van der Waals surface area contributed by atoms with Crippen molar-refractivity contribution in [1.82, 2.24) is 19.9 Å². The number of aliphatic hydroxyl groups is 1. The van der Waals surface area contributed by atoms with Gasteiger partial charge in [-0.2, -0.15) is 4.98 Å².